The lowest BCUT2D eigenvalue weighted by molar-refractivity contribution is -0.341. The molecule has 0 aromatic heterocycles. The largest absolute Gasteiger partial charge is 0.550 e. The Balaban J connectivity index is 1.74. The van der Waals surface area contributed by atoms with Crippen molar-refractivity contribution < 1.29 is 31.9 Å². The summed E-state index contributed by atoms with van der Waals surface area (Å²) in [5, 5.41) is 2.26. The summed E-state index contributed by atoms with van der Waals surface area (Å²) < 4.78 is 47.1. The van der Waals surface area contributed by atoms with Gasteiger partial charge in [0.2, 0.25) is 4.79 Å². The lowest BCUT2D eigenvalue weighted by atomic mass is 10.4. The summed E-state index contributed by atoms with van der Waals surface area (Å²) in [5.74, 6) is 0. The zero-order valence-electron chi connectivity index (χ0n) is 15.3. The van der Waals surface area contributed by atoms with E-state index in [0.717, 1.165) is 0 Å². The molecule has 26 heavy (non-hydrogen) atoms. The molecule has 145 valence electrons. The highest BCUT2D eigenvalue weighted by Gasteiger charge is 3.12. The molecule has 5 saturated heterocycles. The molecule has 1 radical (unpaired) electrons. The lowest BCUT2D eigenvalue weighted by Crippen LogP contribution is -3.01. The number of hydrogen-bond acceptors (Lipinski definition) is 12. The quantitative estimate of drug-likeness (QED) is 0.197. The molecule has 0 saturated carbocycles. The summed E-state index contributed by atoms with van der Waals surface area (Å²) in [5.41, 5.74) is 3.95. The van der Waals surface area contributed by atoms with Gasteiger partial charge in [0.05, 0.1) is 6.26 Å². The Kier molecular flexibility index (Phi) is 3.29. The molecule has 0 aliphatic carbocycles. The van der Waals surface area contributed by atoms with Gasteiger partial charge in [-0.2, -0.15) is 24.3 Å². The number of hydrogen-bond donors (Lipinski definition) is 0. The highest BCUT2D eigenvalue weighted by atomic mass is 28.5. The van der Waals surface area contributed by atoms with Gasteiger partial charge in [-0.05, 0) is 0 Å². The van der Waals surface area contributed by atoms with Crippen molar-refractivity contribution in [3.8, 4) is 0 Å². The molecule has 8 atom stereocenters. The van der Waals surface area contributed by atoms with Crippen LogP contribution in [-0.2, 0) is 31.9 Å². The van der Waals surface area contributed by atoms with Gasteiger partial charge in [-0.25, -0.2) is 0 Å². The van der Waals surface area contributed by atoms with E-state index in [2.05, 4.69) is 12.1 Å². The molecule has 16 heteroatoms. The van der Waals surface area contributed by atoms with Crippen LogP contribution in [0.4, 0.5) is 0 Å². The van der Waals surface area contributed by atoms with Crippen molar-refractivity contribution >= 4 is 26.2 Å². The van der Waals surface area contributed by atoms with Gasteiger partial charge in [-0.3, -0.25) is 27.2 Å². The third-order valence-corrected chi connectivity index (χ3v) is 18.2. The second-order valence-corrected chi connectivity index (χ2v) is 15.7. The summed E-state index contributed by atoms with van der Waals surface area (Å²) >= 11 is 0. The van der Waals surface area contributed by atoms with Gasteiger partial charge in [0.1, 0.15) is 0 Å². The van der Waals surface area contributed by atoms with E-state index in [-0.39, 0.29) is 0 Å². The molecule has 5 rings (SSSR count). The normalized spacial score (nSPS) is 60.5. The van der Waals surface area contributed by atoms with Crippen molar-refractivity contribution in [2.45, 2.75) is 10.1 Å². The van der Waals surface area contributed by atoms with Crippen molar-refractivity contribution in [3.05, 3.63) is 12.8 Å². The Morgan fingerprint density at radius 1 is 0.885 bits per heavy atom. The fraction of sp³-hybridized carbons (Fsp3) is 0.800. The van der Waals surface area contributed by atoms with Crippen LogP contribution < -0.4 is 5.48 Å². The molecule has 2 spiro atoms. The van der Waals surface area contributed by atoms with Crippen LogP contribution in [0.15, 0.2) is 12.8 Å². The number of likely N-dealkylation sites (N-methyl/N-ethyl adjacent to an activating group) is 2. The third kappa shape index (κ3) is 1.42. The molecule has 5 aliphatic heterocycles. The average Bonchev–Trinajstić information content (AvgIpc) is 3.50. The van der Waals surface area contributed by atoms with Crippen molar-refractivity contribution in [2.75, 3.05) is 42.3 Å². The summed E-state index contributed by atoms with van der Waals surface area (Å²) in [6.07, 6.45) is 1.38. The van der Waals surface area contributed by atoms with Gasteiger partial charge >= 0.3 is 26.2 Å². The molecular formula is C10H21N6O7Si3. The first-order valence-corrected chi connectivity index (χ1v) is 13.3. The summed E-state index contributed by atoms with van der Waals surface area (Å²) in [6.45, 7) is 3.77. The zero-order valence-corrected chi connectivity index (χ0v) is 18.3. The smallest absolute Gasteiger partial charge is 0.472 e. The van der Waals surface area contributed by atoms with Crippen molar-refractivity contribution in [3.63, 3.8) is 0 Å². The van der Waals surface area contributed by atoms with Crippen LogP contribution in [0.5, 0.6) is 0 Å². The van der Waals surface area contributed by atoms with Gasteiger partial charge in [0.15, 0.2) is 0 Å². The molecule has 5 fully saturated rings. The lowest BCUT2D eigenvalue weighted by Gasteiger charge is -2.65. The van der Waals surface area contributed by atoms with Crippen LogP contribution >= 0.6 is 0 Å². The monoisotopic (exact) mass is 421 g/mol. The van der Waals surface area contributed by atoms with Crippen LogP contribution in [0.3, 0.4) is 0 Å². The fourth-order valence-electron chi connectivity index (χ4n) is 4.57. The number of hydroxylamine groups is 8. The van der Waals surface area contributed by atoms with Crippen molar-refractivity contribution in [2.24, 2.45) is 0 Å². The van der Waals surface area contributed by atoms with E-state index in [4.69, 9.17) is 31.9 Å². The number of ether oxygens (including phenoxy) is 1. The Bertz CT molecular complexity index is 697. The number of nitrogens with zero attached hydrogens (tertiary/aromatic N) is 6. The van der Waals surface area contributed by atoms with Crippen LogP contribution in [0, 0.1) is 0 Å². The maximum atomic E-state index is 6.22. The highest BCUT2D eigenvalue weighted by molar-refractivity contribution is 6.98. The minimum absolute atomic E-state index is 0.936. The SMILES string of the molecule is C=COC1(C2([Si]3(O[N]C)ON3C)N(C)O[Si]23ON3C)N(C)O[Si]12ON2C. The molecule has 0 aromatic rings. The van der Waals surface area contributed by atoms with Crippen LogP contribution in [0.1, 0.15) is 0 Å². The molecule has 0 aromatic carbocycles. The Morgan fingerprint density at radius 2 is 1.42 bits per heavy atom. The van der Waals surface area contributed by atoms with Crippen LogP contribution in [0.2, 0.25) is 0 Å². The van der Waals surface area contributed by atoms with Gasteiger partial charge in [-0.1, -0.05) is 6.58 Å². The standard InChI is InChI=1S/C10H21N6O7Si3/c1-8-17-9(12(3)19-24(9)14(5)21-24)10(25(18-11-2)15(6)22-25)13(4)20-26(10)16(7)23-26/h8H,1H2,2-7H3. The summed E-state index contributed by atoms with van der Waals surface area (Å²) in [6, 6.07) is 0. The van der Waals surface area contributed by atoms with E-state index in [0.29, 0.717) is 0 Å². The van der Waals surface area contributed by atoms with Crippen molar-refractivity contribution in [1.29, 1.82) is 0 Å². The molecule has 5 heterocycles. The zero-order chi connectivity index (χ0) is 18.8. The van der Waals surface area contributed by atoms with Gasteiger partial charge in [-0.15, -0.1) is 5.48 Å². The maximum Gasteiger partial charge on any atom is 0.550 e. The average molecular weight is 422 g/mol. The number of rotatable bonds is 6. The van der Waals surface area contributed by atoms with E-state index in [1.54, 1.807) is 38.4 Å². The van der Waals surface area contributed by atoms with Crippen molar-refractivity contribution in [1.82, 2.24) is 29.8 Å². The third-order valence-electron chi connectivity index (χ3n) is 5.67. The Morgan fingerprint density at radius 3 is 1.77 bits per heavy atom. The maximum absolute atomic E-state index is 6.22. The highest BCUT2D eigenvalue weighted by Crippen LogP contribution is 2.71. The first-order valence-electron chi connectivity index (χ1n) is 7.97. The predicted molar refractivity (Wildman–Crippen MR) is 87.4 cm³/mol. The van der Waals surface area contributed by atoms with Crippen LogP contribution in [0.25, 0.3) is 0 Å². The van der Waals surface area contributed by atoms with E-state index in [1.165, 1.54) is 6.26 Å². The molecule has 0 N–H and O–H groups in total. The fourth-order valence-corrected chi connectivity index (χ4v) is 18.4. The molecule has 5 aliphatic rings. The van der Waals surface area contributed by atoms with Gasteiger partial charge in [0, 0.05) is 42.3 Å². The minimum atomic E-state index is -3.17. The van der Waals surface area contributed by atoms with E-state index < -0.39 is 36.3 Å². The Hall–Kier alpha value is -0.289. The van der Waals surface area contributed by atoms with E-state index in [1.807, 2.05) is 28.2 Å². The van der Waals surface area contributed by atoms with Gasteiger partial charge in [0.25, 0.3) is 5.35 Å². The summed E-state index contributed by atoms with van der Waals surface area (Å²) in [7, 11) is 1.54. The van der Waals surface area contributed by atoms with E-state index >= 15 is 0 Å². The molecule has 0 amide bonds. The van der Waals surface area contributed by atoms with Crippen LogP contribution in [-0.4, -0.2) is 103 Å². The Labute approximate surface area is 153 Å². The van der Waals surface area contributed by atoms with E-state index in [9.17, 15) is 0 Å². The second kappa shape index (κ2) is 4.82. The second-order valence-electron chi connectivity index (χ2n) is 6.60. The van der Waals surface area contributed by atoms with Gasteiger partial charge < -0.3 is 4.74 Å². The topological polar surface area (TPSA) is 104 Å². The molecule has 13 nitrogen and oxygen atoms in total. The minimum Gasteiger partial charge on any atom is -0.472 e. The molecular weight excluding hydrogens is 400 g/mol. The molecule has 8 unspecified atom stereocenters. The first kappa shape index (κ1) is 17.8. The predicted octanol–water partition coefficient (Wildman–Crippen LogP) is -2.43. The molecule has 0 bridgehead atoms. The first-order chi connectivity index (χ1) is 12.3. The summed E-state index contributed by atoms with van der Waals surface area (Å²) in [4.78, 5) is -0.936.